The summed E-state index contributed by atoms with van der Waals surface area (Å²) in [6, 6.07) is 8.55. The van der Waals surface area contributed by atoms with E-state index in [0.717, 1.165) is 32.7 Å². The average molecular weight is 362 g/mol. The molecular weight excluding hydrogens is 333 g/mol. The molecule has 1 heterocycles. The van der Waals surface area contributed by atoms with E-state index in [-0.39, 0.29) is 42.7 Å². The molecule has 2 atom stereocenters. The zero-order valence-corrected chi connectivity index (χ0v) is 15.8. The fourth-order valence-corrected chi connectivity index (χ4v) is 2.71. The van der Waals surface area contributed by atoms with Crippen LogP contribution in [0.15, 0.2) is 24.3 Å². The number of nitrogens with two attached hydrogens (primary N) is 1. The van der Waals surface area contributed by atoms with E-state index < -0.39 is 0 Å². The number of aryl methyl sites for hydroxylation is 1. The molecule has 1 fully saturated rings. The summed E-state index contributed by atoms with van der Waals surface area (Å²) in [5.74, 6) is 0.105. The minimum atomic E-state index is -0.0895. The summed E-state index contributed by atoms with van der Waals surface area (Å²) in [5, 5.41) is 0. The van der Waals surface area contributed by atoms with Crippen LogP contribution in [0.25, 0.3) is 0 Å². The number of piperazine rings is 1. The maximum Gasteiger partial charge on any atom is 0.227 e. The number of amides is 1. The van der Waals surface area contributed by atoms with Crippen LogP contribution in [0.1, 0.15) is 25.0 Å². The number of halogens is 2. The number of benzene rings is 1. The average Bonchev–Trinajstić information content (AvgIpc) is 2.46. The minimum Gasteiger partial charge on any atom is -0.340 e. The van der Waals surface area contributed by atoms with E-state index in [1.165, 1.54) is 11.1 Å². The summed E-state index contributed by atoms with van der Waals surface area (Å²) < 4.78 is 0. The van der Waals surface area contributed by atoms with Crippen molar-refractivity contribution in [1.82, 2.24) is 9.80 Å². The molecule has 6 heteroatoms. The summed E-state index contributed by atoms with van der Waals surface area (Å²) in [7, 11) is 0. The molecule has 132 valence electrons. The van der Waals surface area contributed by atoms with Crippen LogP contribution in [0.2, 0.25) is 0 Å². The van der Waals surface area contributed by atoms with E-state index >= 15 is 0 Å². The van der Waals surface area contributed by atoms with Crippen LogP contribution in [0.5, 0.6) is 0 Å². The van der Waals surface area contributed by atoms with Crippen molar-refractivity contribution in [3.05, 3.63) is 35.4 Å². The Balaban J connectivity index is 0.00000242. The number of carbonyl (C=O) groups excluding carboxylic acids is 1. The zero-order chi connectivity index (χ0) is 15.4. The fraction of sp³-hybridized carbons (Fsp3) is 0.588. The Morgan fingerprint density at radius 3 is 2.30 bits per heavy atom. The SMILES string of the molecule is Cc1cccc(CN2CCN(C(=O)C(C)C(C)N)CC2)c1.Cl.Cl. The van der Waals surface area contributed by atoms with Crippen LogP contribution in [0, 0.1) is 12.8 Å². The standard InChI is InChI=1S/C17H27N3O.2ClH/c1-13-5-4-6-16(11-13)12-19-7-9-20(10-8-19)17(21)14(2)15(3)18;;/h4-6,11,14-15H,7-10,12,18H2,1-3H3;2*1H. The van der Waals surface area contributed by atoms with E-state index in [1.54, 1.807) is 0 Å². The lowest BCUT2D eigenvalue weighted by atomic mass is 10.0. The van der Waals surface area contributed by atoms with E-state index in [1.807, 2.05) is 18.7 Å². The van der Waals surface area contributed by atoms with E-state index in [2.05, 4.69) is 36.1 Å². The monoisotopic (exact) mass is 361 g/mol. The number of hydrogen-bond donors (Lipinski definition) is 1. The lowest BCUT2D eigenvalue weighted by Crippen LogP contribution is -2.51. The van der Waals surface area contributed by atoms with Crippen molar-refractivity contribution in [1.29, 1.82) is 0 Å². The van der Waals surface area contributed by atoms with E-state index in [4.69, 9.17) is 5.73 Å². The van der Waals surface area contributed by atoms with Gasteiger partial charge in [0.15, 0.2) is 0 Å². The van der Waals surface area contributed by atoms with Gasteiger partial charge in [-0.25, -0.2) is 0 Å². The van der Waals surface area contributed by atoms with E-state index in [9.17, 15) is 4.79 Å². The fourth-order valence-electron chi connectivity index (χ4n) is 2.71. The van der Waals surface area contributed by atoms with Crippen LogP contribution in [-0.4, -0.2) is 47.9 Å². The van der Waals surface area contributed by atoms with Gasteiger partial charge in [-0.2, -0.15) is 0 Å². The highest BCUT2D eigenvalue weighted by molar-refractivity contribution is 5.85. The number of nitrogens with zero attached hydrogens (tertiary/aromatic N) is 2. The predicted octanol–water partition coefficient (Wildman–Crippen LogP) is 2.47. The summed E-state index contributed by atoms with van der Waals surface area (Å²) >= 11 is 0. The zero-order valence-electron chi connectivity index (χ0n) is 14.2. The lowest BCUT2D eigenvalue weighted by Gasteiger charge is -2.36. The van der Waals surface area contributed by atoms with Crippen molar-refractivity contribution >= 4 is 30.7 Å². The number of hydrogen-bond acceptors (Lipinski definition) is 3. The number of rotatable bonds is 4. The minimum absolute atomic E-state index is 0. The first-order valence-electron chi connectivity index (χ1n) is 7.79. The molecule has 0 aromatic heterocycles. The molecule has 0 radical (unpaired) electrons. The lowest BCUT2D eigenvalue weighted by molar-refractivity contribution is -0.137. The summed E-state index contributed by atoms with van der Waals surface area (Å²) in [6.07, 6.45) is 0. The van der Waals surface area contributed by atoms with Crippen molar-refractivity contribution in [2.75, 3.05) is 26.2 Å². The molecule has 0 spiro atoms. The van der Waals surface area contributed by atoms with Gasteiger partial charge in [-0.05, 0) is 19.4 Å². The predicted molar refractivity (Wildman–Crippen MR) is 100 cm³/mol. The van der Waals surface area contributed by atoms with Gasteiger partial charge in [-0.3, -0.25) is 9.69 Å². The molecule has 4 nitrogen and oxygen atoms in total. The van der Waals surface area contributed by atoms with Crippen molar-refractivity contribution in [3.8, 4) is 0 Å². The van der Waals surface area contributed by atoms with Crippen LogP contribution < -0.4 is 5.73 Å². The molecule has 1 saturated heterocycles. The summed E-state index contributed by atoms with van der Waals surface area (Å²) in [6.45, 7) is 10.4. The molecule has 2 unspecified atom stereocenters. The quantitative estimate of drug-likeness (QED) is 0.895. The van der Waals surface area contributed by atoms with Gasteiger partial charge in [0, 0.05) is 38.8 Å². The molecule has 0 saturated carbocycles. The molecule has 1 aliphatic rings. The molecule has 2 N–H and O–H groups in total. The van der Waals surface area contributed by atoms with Crippen molar-refractivity contribution in [2.24, 2.45) is 11.7 Å². The van der Waals surface area contributed by atoms with Crippen molar-refractivity contribution in [2.45, 2.75) is 33.4 Å². The first-order chi connectivity index (χ1) is 9.97. The largest absolute Gasteiger partial charge is 0.340 e. The van der Waals surface area contributed by atoms with Crippen molar-refractivity contribution < 1.29 is 4.79 Å². The third-order valence-electron chi connectivity index (χ3n) is 4.35. The van der Waals surface area contributed by atoms with E-state index in [0.29, 0.717) is 0 Å². The van der Waals surface area contributed by atoms with Gasteiger partial charge >= 0.3 is 0 Å². The second kappa shape index (κ2) is 10.1. The third-order valence-corrected chi connectivity index (χ3v) is 4.35. The van der Waals surface area contributed by atoms with Gasteiger partial charge in [-0.15, -0.1) is 24.8 Å². The van der Waals surface area contributed by atoms with Gasteiger partial charge in [0.2, 0.25) is 5.91 Å². The maximum atomic E-state index is 12.3. The smallest absolute Gasteiger partial charge is 0.227 e. The maximum absolute atomic E-state index is 12.3. The van der Waals surface area contributed by atoms with Gasteiger partial charge in [0.05, 0.1) is 5.92 Å². The van der Waals surface area contributed by atoms with Gasteiger partial charge < -0.3 is 10.6 Å². The Morgan fingerprint density at radius 1 is 1.17 bits per heavy atom. The second-order valence-corrected chi connectivity index (χ2v) is 6.24. The second-order valence-electron chi connectivity index (χ2n) is 6.24. The van der Waals surface area contributed by atoms with Crippen LogP contribution in [0.3, 0.4) is 0 Å². The first-order valence-corrected chi connectivity index (χ1v) is 7.79. The van der Waals surface area contributed by atoms with Crippen LogP contribution in [0.4, 0.5) is 0 Å². The van der Waals surface area contributed by atoms with Gasteiger partial charge in [0.25, 0.3) is 0 Å². The molecule has 1 amide bonds. The highest BCUT2D eigenvalue weighted by Gasteiger charge is 2.26. The molecule has 0 bridgehead atoms. The molecule has 1 aromatic rings. The third kappa shape index (κ3) is 6.30. The Bertz CT molecular complexity index is 488. The van der Waals surface area contributed by atoms with Gasteiger partial charge in [0.1, 0.15) is 0 Å². The topological polar surface area (TPSA) is 49.6 Å². The summed E-state index contributed by atoms with van der Waals surface area (Å²) in [5.41, 5.74) is 8.47. The molecular formula is C17H29Cl2N3O. The van der Waals surface area contributed by atoms with Crippen LogP contribution in [-0.2, 0) is 11.3 Å². The Labute approximate surface area is 152 Å². The summed E-state index contributed by atoms with van der Waals surface area (Å²) in [4.78, 5) is 16.6. The van der Waals surface area contributed by atoms with Crippen LogP contribution >= 0.6 is 24.8 Å². The molecule has 2 rings (SSSR count). The highest BCUT2D eigenvalue weighted by atomic mass is 35.5. The van der Waals surface area contributed by atoms with Gasteiger partial charge in [-0.1, -0.05) is 36.8 Å². The molecule has 1 aromatic carbocycles. The molecule has 1 aliphatic heterocycles. The number of carbonyl (C=O) groups is 1. The van der Waals surface area contributed by atoms with Crippen molar-refractivity contribution in [3.63, 3.8) is 0 Å². The normalized spacial score (nSPS) is 17.7. The first kappa shape index (κ1) is 22.2. The highest BCUT2D eigenvalue weighted by Crippen LogP contribution is 2.13. The molecule has 23 heavy (non-hydrogen) atoms. The Hall–Kier alpha value is -0.810. The Morgan fingerprint density at radius 2 is 1.78 bits per heavy atom. The molecule has 0 aliphatic carbocycles. The Kier molecular flexibility index (Phi) is 9.78.